The number of non-ortho nitro benzene ring substituents is 1. The molecule has 10 heteroatoms. The highest BCUT2D eigenvalue weighted by Crippen LogP contribution is 2.26. The number of ether oxygens (including phenoxy) is 1. The summed E-state index contributed by atoms with van der Waals surface area (Å²) in [4.78, 5) is 51.0. The highest BCUT2D eigenvalue weighted by molar-refractivity contribution is 5.88. The lowest BCUT2D eigenvalue weighted by Crippen LogP contribution is -2.29. The molecule has 2 heterocycles. The summed E-state index contributed by atoms with van der Waals surface area (Å²) < 4.78 is 6.59. The van der Waals surface area contributed by atoms with Crippen LogP contribution in [0.1, 0.15) is 11.1 Å². The quantitative estimate of drug-likeness (QED) is 0.223. The molecule has 2 aromatic carbocycles. The molecule has 0 saturated carbocycles. The number of H-pyrrole nitrogens is 2. The Morgan fingerprint density at radius 2 is 1.87 bits per heavy atom. The summed E-state index contributed by atoms with van der Waals surface area (Å²) in [6.45, 7) is 0.169. The van der Waals surface area contributed by atoms with E-state index in [2.05, 4.69) is 9.97 Å². The molecule has 0 radical (unpaired) electrons. The first-order chi connectivity index (χ1) is 14.4. The van der Waals surface area contributed by atoms with Crippen LogP contribution in [0.3, 0.4) is 0 Å². The number of nitrogens with one attached hydrogen (secondary N) is 2. The van der Waals surface area contributed by atoms with Crippen molar-refractivity contribution in [2.24, 2.45) is 0 Å². The summed E-state index contributed by atoms with van der Waals surface area (Å²) in [5.41, 5.74) is 0.510. The molecule has 0 unspecified atom stereocenters. The Balaban J connectivity index is 1.90. The number of methoxy groups -OCH3 is 1. The standard InChI is InChI=1S/C20H16N4O6/c1-30-17(25)7-11-9-23(16-5-3-2-4-14(11)16)10-12-6-13(24(28)29)8-15-18(12)22-20(27)19(26)21-15/h2-6,8-9H,7,10H2,1H3,(H,21,26)(H,22,27). The average Bonchev–Trinajstić information content (AvgIpc) is 3.06. The smallest absolute Gasteiger partial charge is 0.314 e. The van der Waals surface area contributed by atoms with Gasteiger partial charge in [-0.25, -0.2) is 0 Å². The summed E-state index contributed by atoms with van der Waals surface area (Å²) in [5.74, 6) is -0.388. The van der Waals surface area contributed by atoms with Gasteiger partial charge in [-0.3, -0.25) is 24.5 Å². The monoisotopic (exact) mass is 408 g/mol. The predicted octanol–water partition coefficient (Wildman–Crippen LogP) is 1.84. The summed E-state index contributed by atoms with van der Waals surface area (Å²) >= 11 is 0. The number of esters is 1. The van der Waals surface area contributed by atoms with Crippen LogP contribution in [-0.2, 0) is 22.5 Å². The zero-order chi connectivity index (χ0) is 21.4. The lowest BCUT2D eigenvalue weighted by molar-refractivity contribution is -0.384. The van der Waals surface area contributed by atoms with Gasteiger partial charge in [0, 0.05) is 41.3 Å². The molecule has 2 aromatic heterocycles. The first-order valence-corrected chi connectivity index (χ1v) is 8.94. The number of nitro benzene ring substituents is 1. The van der Waals surface area contributed by atoms with Crippen LogP contribution >= 0.6 is 0 Å². The largest absolute Gasteiger partial charge is 0.469 e. The molecule has 0 fully saturated rings. The molecule has 2 N–H and O–H groups in total. The maximum atomic E-state index is 11.8. The zero-order valence-corrected chi connectivity index (χ0v) is 15.8. The van der Waals surface area contributed by atoms with E-state index in [0.717, 1.165) is 16.5 Å². The maximum Gasteiger partial charge on any atom is 0.314 e. The third-order valence-corrected chi connectivity index (χ3v) is 4.88. The van der Waals surface area contributed by atoms with Crippen molar-refractivity contribution in [2.75, 3.05) is 7.11 Å². The van der Waals surface area contributed by atoms with Gasteiger partial charge < -0.3 is 19.3 Å². The molecule has 0 atom stereocenters. The van der Waals surface area contributed by atoms with Gasteiger partial charge in [0.15, 0.2) is 0 Å². The van der Waals surface area contributed by atoms with Gasteiger partial charge in [-0.05, 0) is 11.6 Å². The number of aromatic nitrogens is 3. The molecule has 0 amide bonds. The minimum Gasteiger partial charge on any atom is -0.469 e. The van der Waals surface area contributed by atoms with Gasteiger partial charge in [0.2, 0.25) is 0 Å². The fourth-order valence-corrected chi connectivity index (χ4v) is 3.52. The van der Waals surface area contributed by atoms with Crippen LogP contribution in [0, 0.1) is 10.1 Å². The van der Waals surface area contributed by atoms with Crippen molar-refractivity contribution in [3.63, 3.8) is 0 Å². The Bertz CT molecular complexity index is 1430. The molecule has 4 rings (SSSR count). The van der Waals surface area contributed by atoms with E-state index in [1.54, 1.807) is 6.20 Å². The van der Waals surface area contributed by atoms with Crippen LogP contribution in [0.5, 0.6) is 0 Å². The number of nitro groups is 1. The van der Waals surface area contributed by atoms with Gasteiger partial charge in [-0.2, -0.15) is 0 Å². The SMILES string of the molecule is COC(=O)Cc1cn(Cc2cc([N+](=O)[O-])cc3[nH]c(=O)c(=O)[nH]c23)c2ccccc12. The molecule has 0 bridgehead atoms. The Kier molecular flexibility index (Phi) is 4.66. The van der Waals surface area contributed by atoms with Gasteiger partial charge in [-0.1, -0.05) is 18.2 Å². The number of hydrogen-bond acceptors (Lipinski definition) is 6. The summed E-state index contributed by atoms with van der Waals surface area (Å²) in [7, 11) is 1.31. The molecule has 0 aliphatic carbocycles. The number of para-hydroxylation sites is 1. The number of nitrogens with zero attached hydrogens (tertiary/aromatic N) is 2. The van der Waals surface area contributed by atoms with Crippen molar-refractivity contribution in [3.05, 3.63) is 84.5 Å². The molecule has 0 saturated heterocycles. The Morgan fingerprint density at radius 3 is 2.60 bits per heavy atom. The van der Waals surface area contributed by atoms with E-state index in [1.807, 2.05) is 28.8 Å². The van der Waals surface area contributed by atoms with E-state index in [-0.39, 0.29) is 30.1 Å². The van der Waals surface area contributed by atoms with Crippen molar-refractivity contribution in [3.8, 4) is 0 Å². The molecular formula is C20H16N4O6. The van der Waals surface area contributed by atoms with E-state index < -0.39 is 16.0 Å². The Morgan fingerprint density at radius 1 is 1.13 bits per heavy atom. The highest BCUT2D eigenvalue weighted by Gasteiger charge is 2.17. The van der Waals surface area contributed by atoms with E-state index in [9.17, 15) is 24.5 Å². The van der Waals surface area contributed by atoms with Crippen molar-refractivity contribution >= 4 is 33.6 Å². The number of aromatic amines is 2. The minimum absolute atomic E-state index is 0.0733. The van der Waals surface area contributed by atoms with Crippen LogP contribution in [0.15, 0.2) is 52.2 Å². The number of rotatable bonds is 5. The lowest BCUT2D eigenvalue weighted by Gasteiger charge is -2.09. The minimum atomic E-state index is -0.888. The zero-order valence-electron chi connectivity index (χ0n) is 15.8. The van der Waals surface area contributed by atoms with E-state index >= 15 is 0 Å². The van der Waals surface area contributed by atoms with Gasteiger partial charge >= 0.3 is 17.1 Å². The van der Waals surface area contributed by atoms with E-state index in [4.69, 9.17) is 4.74 Å². The van der Waals surface area contributed by atoms with Gasteiger partial charge in [0.25, 0.3) is 5.69 Å². The van der Waals surface area contributed by atoms with Crippen LogP contribution in [0.25, 0.3) is 21.9 Å². The molecule has 152 valence electrons. The lowest BCUT2D eigenvalue weighted by atomic mass is 10.1. The van der Waals surface area contributed by atoms with E-state index in [1.165, 1.54) is 19.2 Å². The van der Waals surface area contributed by atoms with Crippen molar-refractivity contribution < 1.29 is 14.5 Å². The van der Waals surface area contributed by atoms with E-state index in [0.29, 0.717) is 11.1 Å². The van der Waals surface area contributed by atoms with Crippen LogP contribution in [-0.4, -0.2) is 32.5 Å². The Labute approximate surface area is 167 Å². The normalized spacial score (nSPS) is 11.1. The number of benzene rings is 2. The van der Waals surface area contributed by atoms with Crippen LogP contribution in [0.4, 0.5) is 5.69 Å². The molecule has 0 spiro atoms. The predicted molar refractivity (Wildman–Crippen MR) is 109 cm³/mol. The summed E-state index contributed by atoms with van der Waals surface area (Å²) in [6, 6.07) is 9.97. The Hall–Kier alpha value is -4.21. The summed E-state index contributed by atoms with van der Waals surface area (Å²) in [6.07, 6.45) is 1.85. The molecular weight excluding hydrogens is 392 g/mol. The number of fused-ring (bicyclic) bond motifs is 2. The molecule has 10 nitrogen and oxygen atoms in total. The van der Waals surface area contributed by atoms with Gasteiger partial charge in [0.05, 0.1) is 29.5 Å². The van der Waals surface area contributed by atoms with Crippen LogP contribution in [0.2, 0.25) is 0 Å². The third-order valence-electron chi connectivity index (χ3n) is 4.88. The average molecular weight is 408 g/mol. The maximum absolute atomic E-state index is 11.8. The second-order valence-electron chi connectivity index (χ2n) is 6.75. The van der Waals surface area contributed by atoms with Crippen molar-refractivity contribution in [1.29, 1.82) is 0 Å². The second kappa shape index (κ2) is 7.32. The van der Waals surface area contributed by atoms with Gasteiger partial charge in [-0.15, -0.1) is 0 Å². The second-order valence-corrected chi connectivity index (χ2v) is 6.75. The fraction of sp³-hybridized carbons (Fsp3) is 0.150. The fourth-order valence-electron chi connectivity index (χ4n) is 3.52. The topological polar surface area (TPSA) is 140 Å². The van der Waals surface area contributed by atoms with Crippen molar-refractivity contribution in [2.45, 2.75) is 13.0 Å². The summed E-state index contributed by atoms with van der Waals surface area (Å²) in [5, 5.41) is 12.2. The van der Waals surface area contributed by atoms with Crippen molar-refractivity contribution in [1.82, 2.24) is 14.5 Å². The molecule has 4 aromatic rings. The number of carbonyl (C=O) groups is 1. The number of hydrogen-bond donors (Lipinski definition) is 2. The number of carbonyl (C=O) groups excluding carboxylic acids is 1. The highest BCUT2D eigenvalue weighted by atomic mass is 16.6. The molecule has 30 heavy (non-hydrogen) atoms. The third kappa shape index (κ3) is 3.34. The first kappa shape index (κ1) is 19.1. The molecule has 0 aliphatic heterocycles. The van der Waals surface area contributed by atoms with Gasteiger partial charge in [0.1, 0.15) is 0 Å². The van der Waals surface area contributed by atoms with Crippen LogP contribution < -0.4 is 11.1 Å². The first-order valence-electron chi connectivity index (χ1n) is 8.94. The molecule has 0 aliphatic rings.